The summed E-state index contributed by atoms with van der Waals surface area (Å²) in [5, 5.41) is 3.23. The molecule has 1 heterocycles. The van der Waals surface area contributed by atoms with E-state index in [1.165, 1.54) is 0 Å². The second-order valence-electron chi connectivity index (χ2n) is 4.97. The van der Waals surface area contributed by atoms with Crippen LogP contribution in [-0.4, -0.2) is 33.0 Å². The van der Waals surface area contributed by atoms with Gasteiger partial charge in [-0.15, -0.1) is 12.4 Å². The highest BCUT2D eigenvalue weighted by Crippen LogP contribution is 2.20. The van der Waals surface area contributed by atoms with Crippen molar-refractivity contribution in [3.63, 3.8) is 0 Å². The van der Waals surface area contributed by atoms with E-state index in [9.17, 15) is 13.2 Å². The molecule has 2 rings (SSSR count). The van der Waals surface area contributed by atoms with Gasteiger partial charge < -0.3 is 5.32 Å². The molecule has 1 aliphatic heterocycles. The van der Waals surface area contributed by atoms with Crippen molar-refractivity contribution in [3.8, 4) is 0 Å². The summed E-state index contributed by atoms with van der Waals surface area (Å²) in [4.78, 5) is 12.3. The number of nitrogens with one attached hydrogen (secondary N) is 2. The molecule has 0 radical (unpaired) electrons. The molecule has 1 aromatic carbocycles. The summed E-state index contributed by atoms with van der Waals surface area (Å²) in [5.41, 5.74) is 1.14. The fourth-order valence-corrected chi connectivity index (χ4v) is 2.91. The van der Waals surface area contributed by atoms with Crippen molar-refractivity contribution in [2.45, 2.75) is 19.8 Å². The van der Waals surface area contributed by atoms with E-state index in [2.05, 4.69) is 10.0 Å². The number of Topliss-reactive ketones (excluding diaryl/α,β-unsaturated/α-hetero) is 1. The van der Waals surface area contributed by atoms with E-state index in [1.807, 2.05) is 0 Å². The van der Waals surface area contributed by atoms with Gasteiger partial charge in [0, 0.05) is 17.2 Å². The minimum atomic E-state index is -3.27. The zero-order valence-corrected chi connectivity index (χ0v) is 13.6. The molecule has 0 amide bonds. The maximum absolute atomic E-state index is 12.3. The number of anilines is 1. The van der Waals surface area contributed by atoms with Crippen molar-refractivity contribution in [2.75, 3.05) is 23.6 Å². The molecule has 0 bridgehead atoms. The summed E-state index contributed by atoms with van der Waals surface area (Å²) >= 11 is 0. The lowest BCUT2D eigenvalue weighted by atomic mass is 9.89. The molecule has 0 unspecified atom stereocenters. The van der Waals surface area contributed by atoms with E-state index in [-0.39, 0.29) is 29.9 Å². The molecule has 0 saturated carbocycles. The predicted molar refractivity (Wildman–Crippen MR) is 86.7 cm³/mol. The summed E-state index contributed by atoms with van der Waals surface area (Å²) in [6.07, 6.45) is 1.73. The molecule has 5 nitrogen and oxygen atoms in total. The normalized spacial score (nSPS) is 16.0. The summed E-state index contributed by atoms with van der Waals surface area (Å²) in [6, 6.07) is 6.67. The molecular formula is C14H21ClN2O3S. The average Bonchev–Trinajstić information content (AvgIpc) is 2.48. The lowest BCUT2D eigenvalue weighted by Gasteiger charge is -2.21. The number of ketones is 1. The van der Waals surface area contributed by atoms with Crippen LogP contribution < -0.4 is 10.0 Å². The molecule has 0 aromatic heterocycles. The molecule has 1 fully saturated rings. The Bertz CT molecular complexity index is 566. The van der Waals surface area contributed by atoms with Gasteiger partial charge >= 0.3 is 0 Å². The van der Waals surface area contributed by atoms with Crippen LogP contribution in [0.1, 0.15) is 30.1 Å². The van der Waals surface area contributed by atoms with Gasteiger partial charge in [0.25, 0.3) is 0 Å². The third-order valence-electron chi connectivity index (χ3n) is 3.53. The standard InChI is InChI=1S/C14H20N2O3S.ClH/c1-2-20(18,19)16-13-5-3-11(4-6-13)14(17)12-7-9-15-10-8-12;/h3-6,12,15-16H,2,7-10H2,1H3;1H. The molecule has 1 saturated heterocycles. The number of rotatable bonds is 5. The SMILES string of the molecule is CCS(=O)(=O)Nc1ccc(C(=O)C2CCNCC2)cc1.Cl. The van der Waals surface area contributed by atoms with Crippen molar-refractivity contribution < 1.29 is 13.2 Å². The molecule has 0 spiro atoms. The largest absolute Gasteiger partial charge is 0.317 e. The number of carbonyl (C=O) groups excluding carboxylic acids is 1. The Kier molecular flexibility index (Phi) is 6.64. The Hall–Kier alpha value is -1.11. The van der Waals surface area contributed by atoms with Crippen molar-refractivity contribution in [1.82, 2.24) is 5.32 Å². The van der Waals surface area contributed by atoms with E-state index in [0.717, 1.165) is 25.9 Å². The van der Waals surface area contributed by atoms with Crippen molar-refractivity contribution in [3.05, 3.63) is 29.8 Å². The number of hydrogen-bond acceptors (Lipinski definition) is 4. The highest BCUT2D eigenvalue weighted by molar-refractivity contribution is 7.92. The number of halogens is 1. The highest BCUT2D eigenvalue weighted by atomic mass is 35.5. The maximum Gasteiger partial charge on any atom is 0.232 e. The van der Waals surface area contributed by atoms with Gasteiger partial charge in [0.15, 0.2) is 5.78 Å². The van der Waals surface area contributed by atoms with Crippen LogP contribution in [0.2, 0.25) is 0 Å². The van der Waals surface area contributed by atoms with Gasteiger partial charge in [-0.25, -0.2) is 8.42 Å². The smallest absolute Gasteiger partial charge is 0.232 e. The molecule has 0 atom stereocenters. The number of benzene rings is 1. The van der Waals surface area contributed by atoms with Crippen LogP contribution in [0.3, 0.4) is 0 Å². The van der Waals surface area contributed by atoms with Gasteiger partial charge in [-0.2, -0.15) is 0 Å². The fraction of sp³-hybridized carbons (Fsp3) is 0.500. The van der Waals surface area contributed by atoms with Gasteiger partial charge in [0.2, 0.25) is 10.0 Å². The second kappa shape index (κ2) is 7.77. The van der Waals surface area contributed by atoms with Crippen LogP contribution in [0.15, 0.2) is 24.3 Å². The van der Waals surface area contributed by atoms with E-state index >= 15 is 0 Å². The first-order valence-electron chi connectivity index (χ1n) is 6.87. The zero-order valence-electron chi connectivity index (χ0n) is 12.0. The molecule has 2 N–H and O–H groups in total. The first-order valence-corrected chi connectivity index (χ1v) is 8.52. The van der Waals surface area contributed by atoms with Crippen LogP contribution >= 0.6 is 12.4 Å². The van der Waals surface area contributed by atoms with Crippen LogP contribution in [0.25, 0.3) is 0 Å². The van der Waals surface area contributed by atoms with E-state index < -0.39 is 10.0 Å². The van der Waals surface area contributed by atoms with Gasteiger partial charge in [0.05, 0.1) is 5.75 Å². The first kappa shape index (κ1) is 17.9. The van der Waals surface area contributed by atoms with E-state index in [1.54, 1.807) is 31.2 Å². The van der Waals surface area contributed by atoms with E-state index in [4.69, 9.17) is 0 Å². The topological polar surface area (TPSA) is 75.3 Å². The lowest BCUT2D eigenvalue weighted by Crippen LogP contribution is -2.31. The minimum absolute atomic E-state index is 0. The number of sulfonamides is 1. The zero-order chi connectivity index (χ0) is 14.6. The van der Waals surface area contributed by atoms with Gasteiger partial charge in [-0.05, 0) is 57.1 Å². The quantitative estimate of drug-likeness (QED) is 0.809. The van der Waals surface area contributed by atoms with Crippen LogP contribution in [-0.2, 0) is 10.0 Å². The number of carbonyl (C=O) groups is 1. The van der Waals surface area contributed by atoms with Crippen LogP contribution in [0, 0.1) is 5.92 Å². The van der Waals surface area contributed by atoms with E-state index in [0.29, 0.717) is 11.3 Å². The Morgan fingerprint density at radius 2 is 1.81 bits per heavy atom. The summed E-state index contributed by atoms with van der Waals surface area (Å²) in [5.74, 6) is 0.258. The summed E-state index contributed by atoms with van der Waals surface area (Å²) < 4.78 is 25.4. The van der Waals surface area contributed by atoms with Crippen molar-refractivity contribution >= 4 is 33.9 Å². The first-order chi connectivity index (χ1) is 9.52. The second-order valence-corrected chi connectivity index (χ2v) is 6.98. The van der Waals surface area contributed by atoms with Crippen molar-refractivity contribution in [2.24, 2.45) is 5.92 Å². The highest BCUT2D eigenvalue weighted by Gasteiger charge is 2.22. The van der Waals surface area contributed by atoms with Gasteiger partial charge in [-0.1, -0.05) is 0 Å². The molecule has 1 aromatic rings. The number of piperidine rings is 1. The lowest BCUT2D eigenvalue weighted by molar-refractivity contribution is 0.0895. The average molecular weight is 333 g/mol. The Morgan fingerprint density at radius 3 is 2.33 bits per heavy atom. The number of hydrogen-bond donors (Lipinski definition) is 2. The van der Waals surface area contributed by atoms with Gasteiger partial charge in [0.1, 0.15) is 0 Å². The fourth-order valence-electron chi connectivity index (χ4n) is 2.27. The third kappa shape index (κ3) is 4.98. The summed E-state index contributed by atoms with van der Waals surface area (Å²) in [6.45, 7) is 3.34. The molecule has 7 heteroatoms. The Labute approximate surface area is 132 Å². The molecular weight excluding hydrogens is 312 g/mol. The summed E-state index contributed by atoms with van der Waals surface area (Å²) in [7, 11) is -3.27. The Morgan fingerprint density at radius 1 is 1.24 bits per heavy atom. The minimum Gasteiger partial charge on any atom is -0.317 e. The maximum atomic E-state index is 12.3. The predicted octanol–water partition coefficient (Wildman–Crippen LogP) is 2.05. The Balaban J connectivity index is 0.00000220. The van der Waals surface area contributed by atoms with Crippen LogP contribution in [0.4, 0.5) is 5.69 Å². The monoisotopic (exact) mass is 332 g/mol. The van der Waals surface area contributed by atoms with Crippen LogP contribution in [0.5, 0.6) is 0 Å². The third-order valence-corrected chi connectivity index (χ3v) is 4.84. The van der Waals surface area contributed by atoms with Crippen molar-refractivity contribution in [1.29, 1.82) is 0 Å². The van der Waals surface area contributed by atoms with Gasteiger partial charge in [-0.3, -0.25) is 9.52 Å². The molecule has 0 aliphatic carbocycles. The molecule has 1 aliphatic rings. The molecule has 118 valence electrons. The molecule has 21 heavy (non-hydrogen) atoms.